The number of benzene rings is 2. The van der Waals surface area contributed by atoms with E-state index in [1.165, 1.54) is 11.1 Å². The first-order valence-corrected chi connectivity index (χ1v) is 8.16. The summed E-state index contributed by atoms with van der Waals surface area (Å²) in [4.78, 5) is 14.4. The molecule has 0 aromatic heterocycles. The number of carbonyl (C=O) groups excluding carboxylic acids is 1. The maximum atomic E-state index is 12.5. The molecular formula is C19H20N2O2. The molecule has 0 saturated carbocycles. The largest absolute Gasteiger partial charge is 0.493 e. The van der Waals surface area contributed by atoms with Gasteiger partial charge in [-0.3, -0.25) is 0 Å². The zero-order valence-electron chi connectivity index (χ0n) is 13.0. The summed E-state index contributed by atoms with van der Waals surface area (Å²) in [5, 5.41) is 3.02. The van der Waals surface area contributed by atoms with Crippen LogP contribution in [0.2, 0.25) is 0 Å². The summed E-state index contributed by atoms with van der Waals surface area (Å²) >= 11 is 0. The van der Waals surface area contributed by atoms with Crippen molar-refractivity contribution in [3.63, 3.8) is 0 Å². The van der Waals surface area contributed by atoms with E-state index >= 15 is 0 Å². The number of likely N-dealkylation sites (tertiary alicyclic amines) is 1. The SMILES string of the molecule is O=C(Nc1ccc2c(c1)CCO2)N1CC[C@@H](c2ccccc2)C1. The summed E-state index contributed by atoms with van der Waals surface area (Å²) in [5.41, 5.74) is 3.34. The lowest BCUT2D eigenvalue weighted by atomic mass is 9.99. The second-order valence-electron chi connectivity index (χ2n) is 6.19. The number of urea groups is 1. The van der Waals surface area contributed by atoms with Crippen molar-refractivity contribution in [3.8, 4) is 5.75 Å². The highest BCUT2D eigenvalue weighted by Crippen LogP contribution is 2.29. The number of anilines is 1. The molecule has 1 fully saturated rings. The van der Waals surface area contributed by atoms with Gasteiger partial charge in [0.05, 0.1) is 6.61 Å². The van der Waals surface area contributed by atoms with Crippen molar-refractivity contribution in [1.29, 1.82) is 0 Å². The number of fused-ring (bicyclic) bond motifs is 1. The Morgan fingerprint density at radius 2 is 2.04 bits per heavy atom. The first-order valence-electron chi connectivity index (χ1n) is 8.16. The van der Waals surface area contributed by atoms with Gasteiger partial charge >= 0.3 is 6.03 Å². The third-order valence-corrected chi connectivity index (χ3v) is 4.69. The van der Waals surface area contributed by atoms with E-state index in [0.717, 1.165) is 44.0 Å². The van der Waals surface area contributed by atoms with Gasteiger partial charge in [0, 0.05) is 31.1 Å². The van der Waals surface area contributed by atoms with Crippen LogP contribution in [0.15, 0.2) is 48.5 Å². The second-order valence-corrected chi connectivity index (χ2v) is 6.19. The summed E-state index contributed by atoms with van der Waals surface area (Å²) in [7, 11) is 0. The number of ether oxygens (including phenoxy) is 1. The number of nitrogens with one attached hydrogen (secondary N) is 1. The van der Waals surface area contributed by atoms with Crippen molar-refractivity contribution in [2.45, 2.75) is 18.8 Å². The molecule has 2 amide bonds. The fraction of sp³-hybridized carbons (Fsp3) is 0.316. The Labute approximate surface area is 136 Å². The Balaban J connectivity index is 1.40. The van der Waals surface area contributed by atoms with Crippen molar-refractivity contribution in [3.05, 3.63) is 59.7 Å². The van der Waals surface area contributed by atoms with Gasteiger partial charge in [-0.1, -0.05) is 30.3 Å². The predicted molar refractivity (Wildman–Crippen MR) is 90.0 cm³/mol. The van der Waals surface area contributed by atoms with Crippen molar-refractivity contribution < 1.29 is 9.53 Å². The van der Waals surface area contributed by atoms with Crippen LogP contribution in [0.3, 0.4) is 0 Å². The topological polar surface area (TPSA) is 41.6 Å². The Kier molecular flexibility index (Phi) is 3.66. The number of rotatable bonds is 2. The molecule has 1 N–H and O–H groups in total. The third kappa shape index (κ3) is 2.89. The van der Waals surface area contributed by atoms with E-state index in [-0.39, 0.29) is 6.03 Å². The Morgan fingerprint density at radius 1 is 1.17 bits per heavy atom. The quantitative estimate of drug-likeness (QED) is 0.920. The molecule has 2 aromatic rings. The van der Waals surface area contributed by atoms with Crippen molar-refractivity contribution in [2.24, 2.45) is 0 Å². The van der Waals surface area contributed by atoms with Crippen LogP contribution in [0.4, 0.5) is 10.5 Å². The maximum absolute atomic E-state index is 12.5. The Morgan fingerprint density at radius 3 is 2.91 bits per heavy atom. The van der Waals surface area contributed by atoms with Crippen LogP contribution < -0.4 is 10.1 Å². The molecule has 1 saturated heterocycles. The molecule has 2 aliphatic rings. The van der Waals surface area contributed by atoms with Gasteiger partial charge in [0.2, 0.25) is 0 Å². The molecule has 0 spiro atoms. The lowest BCUT2D eigenvalue weighted by Gasteiger charge is -2.18. The number of amides is 2. The van der Waals surface area contributed by atoms with Crippen LogP contribution in [-0.2, 0) is 6.42 Å². The molecule has 23 heavy (non-hydrogen) atoms. The number of nitrogens with zero attached hydrogens (tertiary/aromatic N) is 1. The molecule has 118 valence electrons. The highest BCUT2D eigenvalue weighted by Gasteiger charge is 2.27. The first kappa shape index (κ1) is 14.1. The molecule has 1 atom stereocenters. The van der Waals surface area contributed by atoms with Crippen molar-refractivity contribution in [1.82, 2.24) is 4.90 Å². The van der Waals surface area contributed by atoms with E-state index < -0.39 is 0 Å². The molecule has 0 radical (unpaired) electrons. The summed E-state index contributed by atoms with van der Waals surface area (Å²) in [6.07, 6.45) is 1.94. The molecule has 0 bridgehead atoms. The molecule has 2 heterocycles. The summed E-state index contributed by atoms with van der Waals surface area (Å²) in [6, 6.07) is 16.3. The van der Waals surface area contributed by atoms with Crippen LogP contribution in [-0.4, -0.2) is 30.6 Å². The van der Waals surface area contributed by atoms with Gasteiger partial charge in [-0.05, 0) is 35.7 Å². The minimum Gasteiger partial charge on any atom is -0.493 e. The minimum atomic E-state index is -0.0118. The summed E-state index contributed by atoms with van der Waals surface area (Å²) < 4.78 is 5.50. The van der Waals surface area contributed by atoms with Crippen LogP contribution in [0, 0.1) is 0 Å². The molecule has 4 rings (SSSR count). The van der Waals surface area contributed by atoms with E-state index in [4.69, 9.17) is 4.74 Å². The zero-order valence-corrected chi connectivity index (χ0v) is 13.0. The first-order chi connectivity index (χ1) is 11.3. The molecule has 2 aromatic carbocycles. The Hall–Kier alpha value is -2.49. The molecule has 0 aliphatic carbocycles. The van der Waals surface area contributed by atoms with Gasteiger partial charge in [-0.25, -0.2) is 4.79 Å². The lowest BCUT2D eigenvalue weighted by Crippen LogP contribution is -2.32. The zero-order chi connectivity index (χ0) is 15.6. The number of hydrogen-bond donors (Lipinski definition) is 1. The normalized spacial score (nSPS) is 19.3. The van der Waals surface area contributed by atoms with E-state index in [1.54, 1.807) is 0 Å². The molecule has 4 heteroatoms. The average Bonchev–Trinajstić information content (AvgIpc) is 3.24. The maximum Gasteiger partial charge on any atom is 0.321 e. The van der Waals surface area contributed by atoms with E-state index in [9.17, 15) is 4.79 Å². The third-order valence-electron chi connectivity index (χ3n) is 4.69. The van der Waals surface area contributed by atoms with Gasteiger partial charge < -0.3 is 15.0 Å². The van der Waals surface area contributed by atoms with Crippen molar-refractivity contribution >= 4 is 11.7 Å². The Bertz CT molecular complexity index is 715. The number of carbonyl (C=O) groups is 1. The second kappa shape index (κ2) is 5.95. The lowest BCUT2D eigenvalue weighted by molar-refractivity contribution is 0.222. The summed E-state index contributed by atoms with van der Waals surface area (Å²) in [5.74, 6) is 1.38. The number of hydrogen-bond acceptors (Lipinski definition) is 2. The van der Waals surface area contributed by atoms with Gasteiger partial charge in [0.25, 0.3) is 0 Å². The fourth-order valence-electron chi connectivity index (χ4n) is 3.41. The van der Waals surface area contributed by atoms with Crippen LogP contribution >= 0.6 is 0 Å². The molecule has 4 nitrogen and oxygen atoms in total. The highest BCUT2D eigenvalue weighted by molar-refractivity contribution is 5.89. The summed E-state index contributed by atoms with van der Waals surface area (Å²) in [6.45, 7) is 2.32. The minimum absolute atomic E-state index is 0.0118. The molecule has 2 aliphatic heterocycles. The molecule has 0 unspecified atom stereocenters. The van der Waals surface area contributed by atoms with Gasteiger partial charge in [0.1, 0.15) is 5.75 Å². The fourth-order valence-corrected chi connectivity index (χ4v) is 3.41. The van der Waals surface area contributed by atoms with E-state index in [1.807, 2.05) is 29.2 Å². The van der Waals surface area contributed by atoms with Gasteiger partial charge in [-0.2, -0.15) is 0 Å². The van der Waals surface area contributed by atoms with Gasteiger partial charge in [-0.15, -0.1) is 0 Å². The average molecular weight is 308 g/mol. The van der Waals surface area contributed by atoms with Crippen LogP contribution in [0.5, 0.6) is 5.75 Å². The van der Waals surface area contributed by atoms with Gasteiger partial charge in [0.15, 0.2) is 0 Å². The highest BCUT2D eigenvalue weighted by atomic mass is 16.5. The van der Waals surface area contributed by atoms with E-state index in [2.05, 4.69) is 29.6 Å². The monoisotopic (exact) mass is 308 g/mol. The van der Waals surface area contributed by atoms with E-state index in [0.29, 0.717) is 5.92 Å². The molecular weight excluding hydrogens is 288 g/mol. The smallest absolute Gasteiger partial charge is 0.321 e. The van der Waals surface area contributed by atoms with Crippen LogP contribution in [0.25, 0.3) is 0 Å². The predicted octanol–water partition coefficient (Wildman–Crippen LogP) is 3.64. The van der Waals surface area contributed by atoms with Crippen molar-refractivity contribution in [2.75, 3.05) is 25.0 Å². The standard InChI is InChI=1S/C19H20N2O2/c22-19(20-17-6-7-18-15(12-17)9-11-23-18)21-10-8-16(13-21)14-4-2-1-3-5-14/h1-7,12,16H,8-11,13H2,(H,20,22)/t16-/m1/s1. The van der Waals surface area contributed by atoms with Crippen LogP contribution in [0.1, 0.15) is 23.5 Å².